The first-order valence-electron chi connectivity index (χ1n) is 10.5. The summed E-state index contributed by atoms with van der Waals surface area (Å²) in [6, 6.07) is 2.19. The third kappa shape index (κ3) is 2.53. The lowest BCUT2D eigenvalue weighted by atomic mass is 9.63. The Labute approximate surface area is 172 Å². The van der Waals surface area contributed by atoms with Gasteiger partial charge in [-0.3, -0.25) is 9.78 Å². The molecular weight excluding hydrogens is 389 g/mol. The number of aromatic nitrogens is 2. The molecule has 0 aromatic carbocycles. The zero-order valence-electron chi connectivity index (χ0n) is 16.7. The Hall–Kier alpha value is -1.99. The van der Waals surface area contributed by atoms with Gasteiger partial charge in [0.1, 0.15) is 5.83 Å². The van der Waals surface area contributed by atoms with Gasteiger partial charge in [-0.2, -0.15) is 0 Å². The summed E-state index contributed by atoms with van der Waals surface area (Å²) in [5, 5.41) is 0. The Bertz CT molecular complexity index is 1140. The summed E-state index contributed by atoms with van der Waals surface area (Å²) in [5.74, 6) is -0.0117. The minimum atomic E-state index is -0.811. The average molecular weight is 416 g/mol. The van der Waals surface area contributed by atoms with Gasteiger partial charge in [-0.1, -0.05) is 6.92 Å². The number of halogens is 1. The molecule has 5 nitrogen and oxygen atoms in total. The molecule has 2 aromatic rings. The predicted octanol–water partition coefficient (Wildman–Crippen LogP) is 3.67. The van der Waals surface area contributed by atoms with Crippen molar-refractivity contribution in [1.29, 1.82) is 0 Å². The zero-order chi connectivity index (χ0) is 20.5. The fraction of sp³-hybridized carbons (Fsp3) is 0.545. The first-order chi connectivity index (χ1) is 13.9. The second kappa shape index (κ2) is 6.51. The van der Waals surface area contributed by atoms with E-state index in [1.54, 1.807) is 18.3 Å². The van der Waals surface area contributed by atoms with Gasteiger partial charge in [-0.05, 0) is 74.6 Å². The summed E-state index contributed by atoms with van der Waals surface area (Å²) in [4.78, 5) is 32.0. The standard InChI is InChI=1S/C22H26FN3O2S/c1-10-17-18(25-21(28)26-20(17)27)11(2)22(19(10)23,13-6-7-13)16-8-14-12(9-24)4-3-5-15(14)29-16/h8,11-13H,3-7,9,24H2,1-2H3,(H2,25,26,27,28). The number of rotatable bonds is 3. The Morgan fingerprint density at radius 3 is 2.72 bits per heavy atom. The van der Waals surface area contributed by atoms with E-state index in [2.05, 4.69) is 16.0 Å². The third-order valence-corrected chi connectivity index (χ3v) is 8.67. The fourth-order valence-corrected chi connectivity index (χ4v) is 7.37. The van der Waals surface area contributed by atoms with E-state index in [-0.39, 0.29) is 23.2 Å². The maximum absolute atomic E-state index is 16.2. The molecule has 0 saturated heterocycles. The number of H-pyrrole nitrogens is 2. The van der Waals surface area contributed by atoms with E-state index in [1.165, 1.54) is 10.4 Å². The molecule has 154 valence electrons. The van der Waals surface area contributed by atoms with Crippen LogP contribution in [0.3, 0.4) is 0 Å². The maximum atomic E-state index is 16.2. The van der Waals surface area contributed by atoms with Crippen molar-refractivity contribution in [3.63, 3.8) is 0 Å². The van der Waals surface area contributed by atoms with Crippen LogP contribution in [0, 0.1) is 5.92 Å². The molecule has 29 heavy (non-hydrogen) atoms. The molecule has 0 amide bonds. The molecule has 3 atom stereocenters. The van der Waals surface area contributed by atoms with Crippen molar-refractivity contribution in [1.82, 2.24) is 9.97 Å². The summed E-state index contributed by atoms with van der Waals surface area (Å²) in [5.41, 5.74) is 6.65. The molecule has 4 N–H and O–H groups in total. The van der Waals surface area contributed by atoms with E-state index in [0.717, 1.165) is 37.0 Å². The maximum Gasteiger partial charge on any atom is 0.325 e. The summed E-state index contributed by atoms with van der Waals surface area (Å²) >= 11 is 1.71. The fourth-order valence-electron chi connectivity index (χ4n) is 5.73. The molecule has 1 fully saturated rings. The number of hydrogen-bond acceptors (Lipinski definition) is 4. The molecule has 2 heterocycles. The number of aryl methyl sites for hydroxylation is 1. The van der Waals surface area contributed by atoms with Gasteiger partial charge < -0.3 is 10.7 Å². The van der Waals surface area contributed by atoms with Crippen molar-refractivity contribution in [2.75, 3.05) is 6.54 Å². The largest absolute Gasteiger partial charge is 0.330 e. The van der Waals surface area contributed by atoms with Crippen LogP contribution < -0.4 is 17.0 Å². The molecule has 3 unspecified atom stereocenters. The Balaban J connectivity index is 1.78. The van der Waals surface area contributed by atoms with Crippen LogP contribution in [0.4, 0.5) is 4.39 Å². The Kier molecular flexibility index (Phi) is 4.26. The monoisotopic (exact) mass is 415 g/mol. The smallest absolute Gasteiger partial charge is 0.325 e. The van der Waals surface area contributed by atoms with Crippen LogP contribution in [0.5, 0.6) is 0 Å². The van der Waals surface area contributed by atoms with Gasteiger partial charge in [0, 0.05) is 21.4 Å². The van der Waals surface area contributed by atoms with Gasteiger partial charge in [0.15, 0.2) is 0 Å². The van der Waals surface area contributed by atoms with E-state index < -0.39 is 16.7 Å². The van der Waals surface area contributed by atoms with Gasteiger partial charge in [-0.15, -0.1) is 11.3 Å². The number of allylic oxidation sites excluding steroid dienone is 2. The lowest BCUT2D eigenvalue weighted by Gasteiger charge is -2.42. The van der Waals surface area contributed by atoms with Crippen LogP contribution in [0.2, 0.25) is 0 Å². The molecule has 0 aliphatic heterocycles. The molecule has 2 aromatic heterocycles. The third-order valence-electron chi connectivity index (χ3n) is 7.31. The van der Waals surface area contributed by atoms with Crippen LogP contribution in [0.15, 0.2) is 21.5 Å². The van der Waals surface area contributed by atoms with E-state index in [1.807, 2.05) is 6.92 Å². The molecular formula is C22H26FN3O2S. The number of fused-ring (bicyclic) bond motifs is 2. The summed E-state index contributed by atoms with van der Waals surface area (Å²) < 4.78 is 16.2. The van der Waals surface area contributed by atoms with Crippen LogP contribution in [-0.2, 0) is 11.8 Å². The van der Waals surface area contributed by atoms with E-state index in [4.69, 9.17) is 5.73 Å². The number of hydrogen-bond donors (Lipinski definition) is 3. The number of thiophene rings is 1. The van der Waals surface area contributed by atoms with Gasteiger partial charge >= 0.3 is 5.69 Å². The van der Waals surface area contributed by atoms with Crippen LogP contribution >= 0.6 is 11.3 Å². The van der Waals surface area contributed by atoms with Crippen molar-refractivity contribution < 1.29 is 4.39 Å². The van der Waals surface area contributed by atoms with Crippen molar-refractivity contribution >= 4 is 16.9 Å². The zero-order valence-corrected chi connectivity index (χ0v) is 17.5. The second-order valence-electron chi connectivity index (χ2n) is 8.81. The van der Waals surface area contributed by atoms with Gasteiger partial charge in [-0.25, -0.2) is 9.18 Å². The van der Waals surface area contributed by atoms with Crippen molar-refractivity contribution in [2.45, 2.75) is 63.2 Å². The normalized spacial score (nSPS) is 29.0. The molecule has 0 radical (unpaired) electrons. The van der Waals surface area contributed by atoms with Gasteiger partial charge in [0.2, 0.25) is 0 Å². The van der Waals surface area contributed by atoms with Crippen LogP contribution in [0.25, 0.3) is 5.57 Å². The molecule has 3 aliphatic carbocycles. The van der Waals surface area contributed by atoms with E-state index in [0.29, 0.717) is 23.7 Å². The number of nitrogens with two attached hydrogens (primary N) is 1. The highest BCUT2D eigenvalue weighted by Gasteiger charge is 2.58. The second-order valence-corrected chi connectivity index (χ2v) is 9.95. The topological polar surface area (TPSA) is 91.7 Å². The highest BCUT2D eigenvalue weighted by Crippen LogP contribution is 2.63. The average Bonchev–Trinajstić information content (AvgIpc) is 3.44. The van der Waals surface area contributed by atoms with Crippen molar-refractivity contribution in [2.24, 2.45) is 11.7 Å². The summed E-state index contributed by atoms with van der Waals surface area (Å²) in [7, 11) is 0. The van der Waals surface area contributed by atoms with Crippen molar-refractivity contribution in [3.8, 4) is 0 Å². The predicted molar refractivity (Wildman–Crippen MR) is 113 cm³/mol. The Morgan fingerprint density at radius 1 is 1.28 bits per heavy atom. The highest BCUT2D eigenvalue weighted by molar-refractivity contribution is 7.12. The summed E-state index contributed by atoms with van der Waals surface area (Å²) in [6.07, 6.45) is 5.12. The lowest BCUT2D eigenvalue weighted by Crippen LogP contribution is -2.42. The minimum absolute atomic E-state index is 0.180. The van der Waals surface area contributed by atoms with Crippen molar-refractivity contribution in [3.05, 3.63) is 59.3 Å². The summed E-state index contributed by atoms with van der Waals surface area (Å²) in [6.45, 7) is 4.23. The molecule has 0 spiro atoms. The van der Waals surface area contributed by atoms with E-state index in [9.17, 15) is 9.59 Å². The van der Waals surface area contributed by atoms with E-state index >= 15 is 4.39 Å². The molecule has 5 rings (SSSR count). The number of aromatic amines is 2. The van der Waals surface area contributed by atoms with Gasteiger partial charge in [0.05, 0.1) is 11.0 Å². The minimum Gasteiger partial charge on any atom is -0.330 e. The molecule has 1 saturated carbocycles. The lowest BCUT2D eigenvalue weighted by molar-refractivity contribution is 0.300. The SMILES string of the molecule is CC1=C(F)C(c2cc3c(s2)CCCC3CN)(C2CC2)C(C)c2[nH]c(=O)[nH]c(=O)c21. The molecule has 7 heteroatoms. The van der Waals surface area contributed by atoms with Crippen LogP contribution in [0.1, 0.15) is 77.9 Å². The first kappa shape index (κ1) is 19.0. The molecule has 0 bridgehead atoms. The number of nitrogens with one attached hydrogen (secondary N) is 2. The molecule has 3 aliphatic rings. The van der Waals surface area contributed by atoms with Crippen LogP contribution in [-0.4, -0.2) is 16.5 Å². The first-order valence-corrected chi connectivity index (χ1v) is 11.3. The highest BCUT2D eigenvalue weighted by atomic mass is 32.1. The quantitative estimate of drug-likeness (QED) is 0.714. The van der Waals surface area contributed by atoms with Gasteiger partial charge in [0.25, 0.3) is 5.56 Å². The Morgan fingerprint density at radius 2 is 2.03 bits per heavy atom.